The van der Waals surface area contributed by atoms with Crippen LogP contribution >= 0.6 is 0 Å². The normalized spacial score (nSPS) is 10.5. The molecule has 0 aliphatic heterocycles. The zero-order valence-electron chi connectivity index (χ0n) is 15.7. The Morgan fingerprint density at radius 2 is 1.81 bits per heavy atom. The summed E-state index contributed by atoms with van der Waals surface area (Å²) in [6.07, 6.45) is 1.41. The van der Waals surface area contributed by atoms with Crippen LogP contribution in [0.2, 0.25) is 0 Å². The predicted octanol–water partition coefficient (Wildman–Crippen LogP) is 5.67. The number of nitriles is 1. The molecule has 0 aliphatic rings. The standard InChI is InChI=1S/C20H16N2O3.C2H6/c1-2-24-20(23)14(13-21)12-18-19(22-15-8-4-3-5-9-15)16-10-6-7-11-17(16)25-18;1-2/h3-12,22H,2H2,1H3;1-2H3/b14-12-;. The Balaban J connectivity index is 0.00000126. The summed E-state index contributed by atoms with van der Waals surface area (Å²) in [4.78, 5) is 11.9. The Labute approximate surface area is 158 Å². The molecule has 0 unspecified atom stereocenters. The largest absolute Gasteiger partial charge is 0.462 e. The molecule has 0 spiro atoms. The third-order valence-corrected chi connectivity index (χ3v) is 3.56. The second kappa shape index (κ2) is 9.83. The van der Waals surface area contributed by atoms with Crippen LogP contribution in [-0.4, -0.2) is 12.6 Å². The van der Waals surface area contributed by atoms with Crippen molar-refractivity contribution in [2.75, 3.05) is 11.9 Å². The topological polar surface area (TPSA) is 75.3 Å². The lowest BCUT2D eigenvalue weighted by Crippen LogP contribution is -2.06. The summed E-state index contributed by atoms with van der Waals surface area (Å²) in [6, 6.07) is 19.0. The molecular formula is C22H22N2O3. The molecule has 0 aliphatic carbocycles. The molecular weight excluding hydrogens is 340 g/mol. The summed E-state index contributed by atoms with van der Waals surface area (Å²) in [5.41, 5.74) is 2.11. The molecule has 138 valence electrons. The maximum Gasteiger partial charge on any atom is 0.349 e. The van der Waals surface area contributed by atoms with Crippen molar-refractivity contribution in [1.82, 2.24) is 0 Å². The van der Waals surface area contributed by atoms with E-state index in [4.69, 9.17) is 9.15 Å². The molecule has 5 nitrogen and oxygen atoms in total. The average molecular weight is 362 g/mol. The van der Waals surface area contributed by atoms with Gasteiger partial charge in [0.25, 0.3) is 0 Å². The van der Waals surface area contributed by atoms with Gasteiger partial charge in [-0.15, -0.1) is 0 Å². The van der Waals surface area contributed by atoms with Crippen molar-refractivity contribution in [2.45, 2.75) is 20.8 Å². The van der Waals surface area contributed by atoms with E-state index in [1.807, 2.05) is 74.5 Å². The molecule has 0 saturated carbocycles. The maximum atomic E-state index is 11.9. The van der Waals surface area contributed by atoms with E-state index in [1.165, 1.54) is 6.08 Å². The monoisotopic (exact) mass is 362 g/mol. The highest BCUT2D eigenvalue weighted by Gasteiger charge is 2.17. The quantitative estimate of drug-likeness (QED) is 0.359. The van der Waals surface area contributed by atoms with Gasteiger partial charge in [-0.25, -0.2) is 4.79 Å². The second-order valence-corrected chi connectivity index (χ2v) is 5.22. The second-order valence-electron chi connectivity index (χ2n) is 5.22. The van der Waals surface area contributed by atoms with Gasteiger partial charge >= 0.3 is 5.97 Å². The number of nitrogens with one attached hydrogen (secondary N) is 1. The van der Waals surface area contributed by atoms with Gasteiger partial charge in [-0.1, -0.05) is 44.2 Å². The fraction of sp³-hybridized carbons (Fsp3) is 0.182. The van der Waals surface area contributed by atoms with E-state index in [9.17, 15) is 10.1 Å². The molecule has 3 aromatic rings. The van der Waals surface area contributed by atoms with Crippen molar-refractivity contribution in [3.05, 3.63) is 65.9 Å². The van der Waals surface area contributed by atoms with Crippen LogP contribution in [0.25, 0.3) is 17.0 Å². The van der Waals surface area contributed by atoms with Crippen molar-refractivity contribution in [3.63, 3.8) is 0 Å². The van der Waals surface area contributed by atoms with Gasteiger partial charge in [-0.05, 0) is 31.2 Å². The van der Waals surface area contributed by atoms with E-state index in [0.29, 0.717) is 17.0 Å². The van der Waals surface area contributed by atoms with E-state index in [0.717, 1.165) is 11.1 Å². The van der Waals surface area contributed by atoms with Crippen molar-refractivity contribution in [2.24, 2.45) is 0 Å². The number of benzene rings is 2. The smallest absolute Gasteiger partial charge is 0.349 e. The van der Waals surface area contributed by atoms with Gasteiger partial charge in [0.2, 0.25) is 0 Å². The molecule has 5 heteroatoms. The first kappa shape index (κ1) is 19.8. The molecule has 0 radical (unpaired) electrons. The molecule has 1 aromatic heterocycles. The first-order valence-corrected chi connectivity index (χ1v) is 8.85. The van der Waals surface area contributed by atoms with Crippen LogP contribution in [0.15, 0.2) is 64.6 Å². The van der Waals surface area contributed by atoms with Crippen LogP contribution in [-0.2, 0) is 9.53 Å². The Kier molecular flexibility index (Phi) is 7.21. The summed E-state index contributed by atoms with van der Waals surface area (Å²) in [7, 11) is 0. The van der Waals surface area contributed by atoms with E-state index in [2.05, 4.69) is 5.32 Å². The van der Waals surface area contributed by atoms with Crippen LogP contribution in [0, 0.1) is 11.3 Å². The third kappa shape index (κ3) is 4.77. The number of rotatable bonds is 5. The fourth-order valence-electron chi connectivity index (χ4n) is 2.44. The van der Waals surface area contributed by atoms with E-state index in [1.54, 1.807) is 6.92 Å². The average Bonchev–Trinajstić information content (AvgIpc) is 3.06. The number of carbonyl (C=O) groups is 1. The van der Waals surface area contributed by atoms with E-state index >= 15 is 0 Å². The minimum absolute atomic E-state index is 0.114. The summed E-state index contributed by atoms with van der Waals surface area (Å²) in [5.74, 6) is -0.272. The van der Waals surface area contributed by atoms with Crippen LogP contribution < -0.4 is 5.32 Å². The minimum atomic E-state index is -0.670. The number of hydrogen-bond acceptors (Lipinski definition) is 5. The highest BCUT2D eigenvalue weighted by Crippen LogP contribution is 2.34. The number of para-hydroxylation sites is 2. The zero-order valence-corrected chi connectivity index (χ0v) is 15.7. The summed E-state index contributed by atoms with van der Waals surface area (Å²) >= 11 is 0. The number of ether oxygens (including phenoxy) is 1. The molecule has 1 heterocycles. The molecule has 2 aromatic carbocycles. The Morgan fingerprint density at radius 1 is 1.15 bits per heavy atom. The maximum absolute atomic E-state index is 11.9. The lowest BCUT2D eigenvalue weighted by molar-refractivity contribution is -0.137. The summed E-state index contributed by atoms with van der Waals surface area (Å²) in [6.45, 7) is 5.89. The predicted molar refractivity (Wildman–Crippen MR) is 108 cm³/mol. The number of furan rings is 1. The summed E-state index contributed by atoms with van der Waals surface area (Å²) < 4.78 is 10.7. The van der Waals surface area contributed by atoms with E-state index in [-0.39, 0.29) is 12.2 Å². The number of hydrogen-bond donors (Lipinski definition) is 1. The zero-order chi connectivity index (χ0) is 19.6. The van der Waals surface area contributed by atoms with Crippen LogP contribution in [0.3, 0.4) is 0 Å². The number of fused-ring (bicyclic) bond motifs is 1. The van der Waals surface area contributed by atoms with Gasteiger partial charge in [-0.3, -0.25) is 0 Å². The van der Waals surface area contributed by atoms with Crippen molar-refractivity contribution in [3.8, 4) is 6.07 Å². The van der Waals surface area contributed by atoms with Crippen molar-refractivity contribution >= 4 is 34.4 Å². The Morgan fingerprint density at radius 3 is 2.48 bits per heavy atom. The Bertz CT molecular complexity index is 966. The van der Waals surface area contributed by atoms with Gasteiger partial charge in [0.1, 0.15) is 17.2 Å². The lowest BCUT2D eigenvalue weighted by Gasteiger charge is -2.06. The minimum Gasteiger partial charge on any atom is -0.462 e. The van der Waals surface area contributed by atoms with Gasteiger partial charge < -0.3 is 14.5 Å². The molecule has 0 bridgehead atoms. The highest BCUT2D eigenvalue weighted by atomic mass is 16.5. The Hall–Kier alpha value is -3.52. The van der Waals surface area contributed by atoms with E-state index < -0.39 is 5.97 Å². The number of carbonyl (C=O) groups excluding carboxylic acids is 1. The first-order chi connectivity index (χ1) is 13.2. The van der Waals surface area contributed by atoms with Gasteiger partial charge in [0, 0.05) is 17.1 Å². The van der Waals surface area contributed by atoms with Crippen LogP contribution in [0.1, 0.15) is 26.5 Å². The van der Waals surface area contributed by atoms with Gasteiger partial charge in [0.05, 0.1) is 12.3 Å². The van der Waals surface area contributed by atoms with Gasteiger partial charge in [-0.2, -0.15) is 5.26 Å². The molecule has 0 amide bonds. The van der Waals surface area contributed by atoms with Crippen molar-refractivity contribution < 1.29 is 13.9 Å². The van der Waals surface area contributed by atoms with Crippen molar-refractivity contribution in [1.29, 1.82) is 5.26 Å². The fourth-order valence-corrected chi connectivity index (χ4v) is 2.44. The van der Waals surface area contributed by atoms with Gasteiger partial charge in [0.15, 0.2) is 5.76 Å². The molecule has 1 N–H and O–H groups in total. The number of esters is 1. The third-order valence-electron chi connectivity index (χ3n) is 3.56. The molecule has 3 rings (SSSR count). The van der Waals surface area contributed by atoms with Crippen LogP contribution in [0.5, 0.6) is 0 Å². The molecule has 0 saturated heterocycles. The first-order valence-electron chi connectivity index (χ1n) is 8.85. The van der Waals surface area contributed by atoms with Crippen LogP contribution in [0.4, 0.5) is 11.4 Å². The lowest BCUT2D eigenvalue weighted by atomic mass is 10.1. The molecule has 0 atom stereocenters. The highest BCUT2D eigenvalue weighted by molar-refractivity contribution is 6.02. The molecule has 0 fully saturated rings. The summed E-state index contributed by atoms with van der Waals surface area (Å²) in [5, 5.41) is 13.4. The SMILES string of the molecule is CC.CCOC(=O)/C(C#N)=C\c1oc2ccccc2c1Nc1ccccc1. The molecule has 27 heavy (non-hydrogen) atoms. The number of nitrogens with zero attached hydrogens (tertiary/aromatic N) is 1. The number of anilines is 2.